The fourth-order valence-electron chi connectivity index (χ4n) is 6.55. The molecule has 3 aliphatic carbocycles. The minimum absolute atomic E-state index is 0.593. The Labute approximate surface area is 170 Å². The highest BCUT2D eigenvalue weighted by Gasteiger charge is 2.33. The number of unbranched alkanes of at least 4 members (excludes halogenated alkanes) is 5. The molecule has 3 rings (SSSR count). The van der Waals surface area contributed by atoms with Crippen LogP contribution in [-0.2, 0) is 4.74 Å². The molecule has 0 heterocycles. The van der Waals surface area contributed by atoms with Gasteiger partial charge in [0, 0.05) is 6.61 Å². The van der Waals surface area contributed by atoms with Crippen LogP contribution in [0.4, 0.5) is 0 Å². The van der Waals surface area contributed by atoms with Gasteiger partial charge in [-0.15, -0.1) is 0 Å². The minimum atomic E-state index is 0.593. The van der Waals surface area contributed by atoms with E-state index in [-0.39, 0.29) is 0 Å². The second-order valence-corrected chi connectivity index (χ2v) is 10.2. The molecule has 1 nitrogen and oxygen atoms in total. The molecule has 0 radical (unpaired) electrons. The zero-order chi connectivity index (χ0) is 18.7. The van der Waals surface area contributed by atoms with E-state index in [2.05, 4.69) is 6.92 Å². The van der Waals surface area contributed by atoms with Gasteiger partial charge in [-0.3, -0.25) is 0 Å². The Morgan fingerprint density at radius 1 is 0.519 bits per heavy atom. The van der Waals surface area contributed by atoms with Crippen molar-refractivity contribution in [2.45, 2.75) is 135 Å². The van der Waals surface area contributed by atoms with Crippen molar-refractivity contribution < 1.29 is 4.74 Å². The predicted molar refractivity (Wildman–Crippen MR) is 117 cm³/mol. The van der Waals surface area contributed by atoms with Crippen LogP contribution in [0, 0.1) is 23.7 Å². The molecule has 0 bridgehead atoms. The lowest BCUT2D eigenvalue weighted by molar-refractivity contribution is 0.00402. The molecule has 1 heteroatoms. The van der Waals surface area contributed by atoms with Crippen molar-refractivity contribution in [1.29, 1.82) is 0 Å². The number of hydrogen-bond acceptors (Lipinski definition) is 1. The molecule has 3 fully saturated rings. The van der Waals surface area contributed by atoms with E-state index in [0.29, 0.717) is 6.10 Å². The van der Waals surface area contributed by atoms with Gasteiger partial charge in [-0.1, -0.05) is 71.1 Å². The summed E-state index contributed by atoms with van der Waals surface area (Å²) in [5, 5.41) is 0. The van der Waals surface area contributed by atoms with Crippen LogP contribution in [0.3, 0.4) is 0 Å². The molecule has 158 valence electrons. The normalized spacial score (nSPS) is 33.2. The van der Waals surface area contributed by atoms with Crippen LogP contribution >= 0.6 is 0 Å². The van der Waals surface area contributed by atoms with E-state index in [9.17, 15) is 0 Å². The van der Waals surface area contributed by atoms with Crippen LogP contribution in [0.2, 0.25) is 0 Å². The van der Waals surface area contributed by atoms with Gasteiger partial charge < -0.3 is 4.74 Å². The fourth-order valence-corrected chi connectivity index (χ4v) is 6.55. The average molecular weight is 377 g/mol. The molecule has 0 aromatic carbocycles. The molecule has 0 saturated heterocycles. The summed E-state index contributed by atoms with van der Waals surface area (Å²) in [6.45, 7) is 3.32. The quantitative estimate of drug-likeness (QED) is 0.348. The first kappa shape index (κ1) is 21.7. The molecule has 27 heavy (non-hydrogen) atoms. The van der Waals surface area contributed by atoms with Gasteiger partial charge in [-0.05, 0) is 81.5 Å². The Balaban J connectivity index is 1.23. The number of hydrogen-bond donors (Lipinski definition) is 0. The largest absolute Gasteiger partial charge is 0.378 e. The molecule has 0 spiro atoms. The molecule has 0 aliphatic heterocycles. The average Bonchev–Trinajstić information content (AvgIpc) is 2.74. The van der Waals surface area contributed by atoms with Crippen LogP contribution in [0.1, 0.15) is 129 Å². The highest BCUT2D eigenvalue weighted by molar-refractivity contribution is 4.85. The highest BCUT2D eigenvalue weighted by Crippen LogP contribution is 2.44. The smallest absolute Gasteiger partial charge is 0.0575 e. The maximum absolute atomic E-state index is 6.22. The first-order chi connectivity index (χ1) is 13.4. The first-order valence-corrected chi connectivity index (χ1v) is 13.0. The first-order valence-electron chi connectivity index (χ1n) is 13.0. The highest BCUT2D eigenvalue weighted by atomic mass is 16.5. The van der Waals surface area contributed by atoms with E-state index in [1.54, 1.807) is 38.5 Å². The summed E-state index contributed by atoms with van der Waals surface area (Å²) in [5.41, 5.74) is 0. The minimum Gasteiger partial charge on any atom is -0.378 e. The van der Waals surface area contributed by atoms with E-state index in [1.807, 2.05) is 0 Å². The number of ether oxygens (including phenoxy) is 1. The van der Waals surface area contributed by atoms with Crippen LogP contribution in [-0.4, -0.2) is 12.7 Å². The summed E-state index contributed by atoms with van der Waals surface area (Å²) in [5.74, 6) is 4.29. The van der Waals surface area contributed by atoms with Gasteiger partial charge in [-0.25, -0.2) is 0 Å². The van der Waals surface area contributed by atoms with Crippen molar-refractivity contribution in [3.63, 3.8) is 0 Å². The molecule has 0 atom stereocenters. The van der Waals surface area contributed by atoms with Crippen LogP contribution < -0.4 is 0 Å². The van der Waals surface area contributed by atoms with Crippen molar-refractivity contribution in [3.8, 4) is 0 Å². The van der Waals surface area contributed by atoms with Gasteiger partial charge in [0.2, 0.25) is 0 Å². The summed E-state index contributed by atoms with van der Waals surface area (Å²) >= 11 is 0. The monoisotopic (exact) mass is 376 g/mol. The van der Waals surface area contributed by atoms with Gasteiger partial charge in [0.1, 0.15) is 0 Å². The Morgan fingerprint density at radius 2 is 1.00 bits per heavy atom. The maximum atomic E-state index is 6.22. The molecule has 0 aromatic heterocycles. The van der Waals surface area contributed by atoms with Crippen LogP contribution in [0.5, 0.6) is 0 Å². The molecular formula is C26H48O. The lowest BCUT2D eigenvalue weighted by Gasteiger charge is -2.40. The SMILES string of the molecule is CCCCCCCCOC1CCC(C2CCC(C3CCCCC3)CC2)CC1. The Bertz CT molecular complexity index is 356. The van der Waals surface area contributed by atoms with Crippen molar-refractivity contribution >= 4 is 0 Å². The second-order valence-electron chi connectivity index (χ2n) is 10.2. The Morgan fingerprint density at radius 3 is 1.59 bits per heavy atom. The topological polar surface area (TPSA) is 9.23 Å². The lowest BCUT2D eigenvalue weighted by Crippen LogP contribution is -2.30. The second kappa shape index (κ2) is 12.5. The third-order valence-corrected chi connectivity index (χ3v) is 8.37. The standard InChI is InChI=1S/C26H48O/c1-2-3-4-5-6-10-21-27-26-19-17-25(18-20-26)24-15-13-23(14-16-24)22-11-8-7-9-12-22/h22-26H,2-21H2,1H3. The van der Waals surface area contributed by atoms with Crippen molar-refractivity contribution in [2.24, 2.45) is 23.7 Å². The summed E-state index contributed by atoms with van der Waals surface area (Å²) in [6.07, 6.45) is 28.3. The van der Waals surface area contributed by atoms with Crippen LogP contribution in [0.25, 0.3) is 0 Å². The molecule has 0 aromatic rings. The Kier molecular flexibility index (Phi) is 10.0. The predicted octanol–water partition coefficient (Wildman–Crippen LogP) is 8.31. The summed E-state index contributed by atoms with van der Waals surface area (Å²) in [6, 6.07) is 0. The van der Waals surface area contributed by atoms with Gasteiger partial charge in [0.05, 0.1) is 6.10 Å². The fraction of sp³-hybridized carbons (Fsp3) is 1.00. The van der Waals surface area contributed by atoms with E-state index in [0.717, 1.165) is 30.3 Å². The molecular weight excluding hydrogens is 328 g/mol. The summed E-state index contributed by atoms with van der Waals surface area (Å²) < 4.78 is 6.22. The van der Waals surface area contributed by atoms with Gasteiger partial charge in [-0.2, -0.15) is 0 Å². The molecule has 3 saturated carbocycles. The van der Waals surface area contributed by atoms with Gasteiger partial charge in [0.15, 0.2) is 0 Å². The number of rotatable bonds is 10. The third kappa shape index (κ3) is 7.37. The molecule has 0 amide bonds. The van der Waals surface area contributed by atoms with Crippen LogP contribution in [0.15, 0.2) is 0 Å². The zero-order valence-electron chi connectivity index (χ0n) is 18.4. The maximum Gasteiger partial charge on any atom is 0.0575 e. The van der Waals surface area contributed by atoms with Gasteiger partial charge in [0.25, 0.3) is 0 Å². The van der Waals surface area contributed by atoms with Gasteiger partial charge >= 0.3 is 0 Å². The van der Waals surface area contributed by atoms with Crippen molar-refractivity contribution in [1.82, 2.24) is 0 Å². The van der Waals surface area contributed by atoms with E-state index < -0.39 is 0 Å². The molecule has 3 aliphatic rings. The molecule has 0 N–H and O–H groups in total. The van der Waals surface area contributed by atoms with E-state index in [4.69, 9.17) is 4.74 Å². The van der Waals surface area contributed by atoms with E-state index >= 15 is 0 Å². The van der Waals surface area contributed by atoms with E-state index in [1.165, 1.54) is 83.5 Å². The Hall–Kier alpha value is -0.0400. The van der Waals surface area contributed by atoms with Crippen molar-refractivity contribution in [2.75, 3.05) is 6.61 Å². The lowest BCUT2D eigenvalue weighted by atomic mass is 9.66. The summed E-state index contributed by atoms with van der Waals surface area (Å²) in [7, 11) is 0. The molecule has 0 unspecified atom stereocenters. The van der Waals surface area contributed by atoms with Crippen molar-refractivity contribution in [3.05, 3.63) is 0 Å². The summed E-state index contributed by atoms with van der Waals surface area (Å²) in [4.78, 5) is 0. The third-order valence-electron chi connectivity index (χ3n) is 8.37. The zero-order valence-corrected chi connectivity index (χ0v) is 18.4.